The van der Waals surface area contributed by atoms with E-state index in [-0.39, 0.29) is 18.0 Å². The van der Waals surface area contributed by atoms with E-state index in [2.05, 4.69) is 25.6 Å². The number of aliphatic hydroxyl groups is 1. The zero-order valence-electron chi connectivity index (χ0n) is 10.6. The maximum Gasteiger partial charge on any atom is 0.242 e. The first-order chi connectivity index (χ1) is 9.42. The number of hydrogen-bond donors (Lipinski definition) is 2. The lowest BCUT2D eigenvalue weighted by Crippen LogP contribution is -2.24. The molecular formula is C12H13BrN2O4S. The van der Waals surface area contributed by atoms with Crippen molar-refractivity contribution in [1.82, 2.24) is 9.71 Å². The fourth-order valence-corrected chi connectivity index (χ4v) is 3.56. The van der Waals surface area contributed by atoms with Crippen molar-refractivity contribution in [3.05, 3.63) is 46.1 Å². The predicted molar refractivity (Wildman–Crippen MR) is 75.3 cm³/mol. The van der Waals surface area contributed by atoms with Crippen molar-refractivity contribution in [3.8, 4) is 0 Å². The summed E-state index contributed by atoms with van der Waals surface area (Å²) in [5, 5.41) is 9.07. The third-order valence-corrected chi connectivity index (χ3v) is 4.95. The zero-order valence-corrected chi connectivity index (χ0v) is 13.0. The maximum absolute atomic E-state index is 12.2. The Kier molecular flexibility index (Phi) is 4.59. The Morgan fingerprint density at radius 2 is 2.20 bits per heavy atom. The van der Waals surface area contributed by atoms with Crippen molar-refractivity contribution in [2.75, 3.05) is 0 Å². The first-order valence-electron chi connectivity index (χ1n) is 5.72. The summed E-state index contributed by atoms with van der Waals surface area (Å²) in [5.41, 5.74) is 0.514. The number of sulfonamides is 1. The average molecular weight is 361 g/mol. The number of aryl methyl sites for hydroxylation is 1. The van der Waals surface area contributed by atoms with Crippen LogP contribution in [0.15, 0.2) is 38.2 Å². The normalized spacial score (nSPS) is 11.8. The van der Waals surface area contributed by atoms with Crippen LogP contribution in [-0.4, -0.2) is 18.5 Å². The molecule has 0 atom stereocenters. The summed E-state index contributed by atoms with van der Waals surface area (Å²) < 4.78 is 32.4. The van der Waals surface area contributed by atoms with Gasteiger partial charge in [0.1, 0.15) is 5.76 Å². The van der Waals surface area contributed by atoms with Crippen LogP contribution in [0.1, 0.15) is 17.2 Å². The standard InChI is InChI=1S/C12H13BrN2O4S/c1-8-5-14-12(19-8)6-15-20(17,18)11-4-9(7-16)2-3-10(11)13/h2-5,15-16H,6-7H2,1H3. The van der Waals surface area contributed by atoms with Gasteiger partial charge in [-0.05, 0) is 40.5 Å². The number of nitrogens with zero attached hydrogens (tertiary/aromatic N) is 1. The first kappa shape index (κ1) is 15.2. The molecule has 8 heteroatoms. The Morgan fingerprint density at radius 1 is 1.45 bits per heavy atom. The number of aromatic nitrogens is 1. The molecule has 0 saturated carbocycles. The van der Waals surface area contributed by atoms with Gasteiger partial charge in [0.25, 0.3) is 0 Å². The van der Waals surface area contributed by atoms with Crippen LogP contribution in [-0.2, 0) is 23.2 Å². The van der Waals surface area contributed by atoms with Crippen LogP contribution in [0.3, 0.4) is 0 Å². The van der Waals surface area contributed by atoms with E-state index in [1.54, 1.807) is 19.1 Å². The Labute approximate surface area is 125 Å². The quantitative estimate of drug-likeness (QED) is 0.846. The lowest BCUT2D eigenvalue weighted by atomic mass is 10.2. The molecule has 0 aliphatic heterocycles. The molecule has 20 heavy (non-hydrogen) atoms. The monoisotopic (exact) mass is 360 g/mol. The van der Waals surface area contributed by atoms with E-state index >= 15 is 0 Å². The number of rotatable bonds is 5. The Balaban J connectivity index is 2.21. The van der Waals surface area contributed by atoms with Crippen LogP contribution < -0.4 is 4.72 Å². The van der Waals surface area contributed by atoms with E-state index < -0.39 is 10.0 Å². The van der Waals surface area contributed by atoms with E-state index in [9.17, 15) is 8.42 Å². The highest BCUT2D eigenvalue weighted by Crippen LogP contribution is 2.23. The molecule has 0 aliphatic carbocycles. The molecule has 0 unspecified atom stereocenters. The van der Waals surface area contributed by atoms with Gasteiger partial charge in [0.2, 0.25) is 15.9 Å². The Bertz CT molecular complexity index is 712. The zero-order chi connectivity index (χ0) is 14.8. The van der Waals surface area contributed by atoms with Crippen molar-refractivity contribution >= 4 is 26.0 Å². The first-order valence-corrected chi connectivity index (χ1v) is 8.00. The highest BCUT2D eigenvalue weighted by molar-refractivity contribution is 9.10. The second kappa shape index (κ2) is 6.04. The van der Waals surface area contributed by atoms with Crippen molar-refractivity contribution in [2.45, 2.75) is 25.0 Å². The summed E-state index contributed by atoms with van der Waals surface area (Å²) in [5.74, 6) is 0.906. The summed E-state index contributed by atoms with van der Waals surface area (Å²) in [6, 6.07) is 4.63. The molecule has 2 N–H and O–H groups in total. The smallest absolute Gasteiger partial charge is 0.242 e. The van der Waals surface area contributed by atoms with Gasteiger partial charge in [-0.2, -0.15) is 0 Å². The lowest BCUT2D eigenvalue weighted by Gasteiger charge is -2.08. The number of nitrogens with one attached hydrogen (secondary N) is 1. The van der Waals surface area contributed by atoms with Gasteiger partial charge in [-0.3, -0.25) is 0 Å². The molecule has 1 aromatic heterocycles. The van der Waals surface area contributed by atoms with Crippen molar-refractivity contribution in [3.63, 3.8) is 0 Å². The molecule has 1 heterocycles. The minimum Gasteiger partial charge on any atom is -0.445 e. The highest BCUT2D eigenvalue weighted by atomic mass is 79.9. The maximum atomic E-state index is 12.2. The van der Waals surface area contributed by atoms with Crippen molar-refractivity contribution < 1.29 is 17.9 Å². The number of aliphatic hydroxyl groups excluding tert-OH is 1. The van der Waals surface area contributed by atoms with Crippen molar-refractivity contribution in [2.24, 2.45) is 0 Å². The van der Waals surface area contributed by atoms with E-state index in [1.807, 2.05) is 0 Å². The van der Waals surface area contributed by atoms with E-state index in [0.29, 0.717) is 21.7 Å². The van der Waals surface area contributed by atoms with E-state index in [4.69, 9.17) is 9.52 Å². The molecule has 0 aliphatic rings. The van der Waals surface area contributed by atoms with E-state index in [0.717, 1.165) is 0 Å². The summed E-state index contributed by atoms with van der Waals surface area (Å²) in [7, 11) is -3.72. The van der Waals surface area contributed by atoms with Gasteiger partial charge >= 0.3 is 0 Å². The SMILES string of the molecule is Cc1cnc(CNS(=O)(=O)c2cc(CO)ccc2Br)o1. The molecule has 1 aromatic carbocycles. The Morgan fingerprint density at radius 3 is 2.80 bits per heavy atom. The molecule has 0 fully saturated rings. The summed E-state index contributed by atoms with van der Waals surface area (Å²) >= 11 is 3.19. The molecule has 0 bridgehead atoms. The van der Waals surface area contributed by atoms with Gasteiger partial charge in [0.05, 0.1) is 24.2 Å². The molecule has 0 amide bonds. The number of hydrogen-bond acceptors (Lipinski definition) is 5. The van der Waals surface area contributed by atoms with Crippen LogP contribution in [0.5, 0.6) is 0 Å². The van der Waals surface area contributed by atoms with Gasteiger partial charge in [-0.15, -0.1) is 0 Å². The molecule has 0 spiro atoms. The van der Waals surface area contributed by atoms with Crippen LogP contribution in [0.25, 0.3) is 0 Å². The van der Waals surface area contributed by atoms with Gasteiger partial charge in [-0.1, -0.05) is 6.07 Å². The highest BCUT2D eigenvalue weighted by Gasteiger charge is 2.18. The molecule has 0 radical (unpaired) electrons. The van der Waals surface area contributed by atoms with Gasteiger partial charge in [0, 0.05) is 4.47 Å². The second-order valence-corrected chi connectivity index (χ2v) is 6.70. The molecule has 0 saturated heterocycles. The molecule has 108 valence electrons. The van der Waals surface area contributed by atoms with Crippen LogP contribution in [0.4, 0.5) is 0 Å². The summed E-state index contributed by atoms with van der Waals surface area (Å²) in [6.07, 6.45) is 1.52. The summed E-state index contributed by atoms with van der Waals surface area (Å²) in [6.45, 7) is 1.47. The second-order valence-electron chi connectivity index (χ2n) is 4.11. The fourth-order valence-electron chi connectivity index (χ4n) is 1.57. The van der Waals surface area contributed by atoms with Crippen LogP contribution in [0, 0.1) is 6.92 Å². The Hall–Kier alpha value is -1.22. The van der Waals surface area contributed by atoms with Gasteiger partial charge in [-0.25, -0.2) is 18.1 Å². The predicted octanol–water partition coefficient (Wildman–Crippen LogP) is 1.72. The molecular weight excluding hydrogens is 348 g/mol. The molecule has 2 aromatic rings. The topological polar surface area (TPSA) is 92.4 Å². The minimum atomic E-state index is -3.72. The van der Waals surface area contributed by atoms with Crippen LogP contribution in [0.2, 0.25) is 0 Å². The number of halogens is 1. The largest absolute Gasteiger partial charge is 0.445 e. The lowest BCUT2D eigenvalue weighted by molar-refractivity contribution is 0.281. The fraction of sp³-hybridized carbons (Fsp3) is 0.250. The van der Waals surface area contributed by atoms with Gasteiger partial charge < -0.3 is 9.52 Å². The number of oxazole rings is 1. The number of benzene rings is 1. The van der Waals surface area contributed by atoms with Crippen LogP contribution >= 0.6 is 15.9 Å². The third kappa shape index (κ3) is 3.45. The minimum absolute atomic E-state index is 0.0357. The molecule has 6 nitrogen and oxygen atoms in total. The average Bonchev–Trinajstić information content (AvgIpc) is 2.83. The summed E-state index contributed by atoms with van der Waals surface area (Å²) in [4.78, 5) is 3.99. The molecule has 2 rings (SSSR count). The van der Waals surface area contributed by atoms with E-state index in [1.165, 1.54) is 12.3 Å². The van der Waals surface area contributed by atoms with Crippen molar-refractivity contribution in [1.29, 1.82) is 0 Å². The third-order valence-electron chi connectivity index (χ3n) is 2.55. The van der Waals surface area contributed by atoms with Gasteiger partial charge in [0.15, 0.2) is 0 Å².